The summed E-state index contributed by atoms with van der Waals surface area (Å²) in [6.45, 7) is 1.82. The lowest BCUT2D eigenvalue weighted by atomic mass is 10.2. The molecule has 5 heteroatoms. The van der Waals surface area contributed by atoms with Crippen LogP contribution in [0.1, 0.15) is 23.7 Å². The molecular weight excluding hydrogens is 293 g/mol. The van der Waals surface area contributed by atoms with E-state index in [-0.39, 0.29) is 18.6 Å². The summed E-state index contributed by atoms with van der Waals surface area (Å²) in [5.74, 6) is -0.265. The van der Waals surface area contributed by atoms with Gasteiger partial charge in [-0.25, -0.2) is 0 Å². The Hall–Kier alpha value is -0.580. The van der Waals surface area contributed by atoms with Crippen molar-refractivity contribution in [1.82, 2.24) is 5.32 Å². The summed E-state index contributed by atoms with van der Waals surface area (Å²) < 4.78 is 0.822. The maximum atomic E-state index is 11.8. The van der Waals surface area contributed by atoms with E-state index in [1.807, 2.05) is 6.92 Å². The van der Waals surface area contributed by atoms with Crippen LogP contribution in [-0.4, -0.2) is 23.7 Å². The largest absolute Gasteiger partial charge is 0.394 e. The third kappa shape index (κ3) is 3.47. The molecule has 1 amide bonds. The van der Waals surface area contributed by atoms with Gasteiger partial charge in [0.25, 0.3) is 5.91 Å². The van der Waals surface area contributed by atoms with Gasteiger partial charge in [0.05, 0.1) is 23.2 Å². The number of nitrogens with one attached hydrogen (secondary N) is 1. The van der Waals surface area contributed by atoms with Crippen LogP contribution in [0.3, 0.4) is 0 Å². The highest BCUT2D eigenvalue weighted by molar-refractivity contribution is 9.10. The van der Waals surface area contributed by atoms with Gasteiger partial charge in [-0.15, -0.1) is 0 Å². The molecule has 0 saturated carbocycles. The monoisotopic (exact) mass is 305 g/mol. The molecule has 1 rings (SSSR count). The topological polar surface area (TPSA) is 49.3 Å². The van der Waals surface area contributed by atoms with Gasteiger partial charge in [0.1, 0.15) is 0 Å². The highest BCUT2D eigenvalue weighted by atomic mass is 79.9. The average molecular weight is 307 g/mol. The van der Waals surface area contributed by atoms with E-state index in [9.17, 15) is 4.79 Å². The number of benzene rings is 1. The summed E-state index contributed by atoms with van der Waals surface area (Å²) in [5.41, 5.74) is 0.414. The lowest BCUT2D eigenvalue weighted by Crippen LogP contribution is -2.37. The van der Waals surface area contributed by atoms with Gasteiger partial charge in [0, 0.05) is 4.47 Å². The van der Waals surface area contributed by atoms with Gasteiger partial charge in [-0.3, -0.25) is 4.79 Å². The minimum atomic E-state index is -0.265. The maximum absolute atomic E-state index is 11.8. The van der Waals surface area contributed by atoms with E-state index in [0.29, 0.717) is 17.0 Å². The van der Waals surface area contributed by atoms with Gasteiger partial charge in [0.2, 0.25) is 0 Å². The highest BCUT2D eigenvalue weighted by Crippen LogP contribution is 2.21. The summed E-state index contributed by atoms with van der Waals surface area (Å²) in [6.07, 6.45) is 0.677. The zero-order chi connectivity index (χ0) is 12.1. The SMILES string of the molecule is CC[C@@H](CO)NC(=O)c1ccc(Br)cc1Cl. The van der Waals surface area contributed by atoms with Gasteiger partial charge >= 0.3 is 0 Å². The van der Waals surface area contributed by atoms with Crippen molar-refractivity contribution in [3.05, 3.63) is 33.3 Å². The predicted molar refractivity (Wildman–Crippen MR) is 67.8 cm³/mol. The first-order valence-electron chi connectivity index (χ1n) is 4.95. The molecule has 1 atom stereocenters. The maximum Gasteiger partial charge on any atom is 0.253 e. The number of amides is 1. The van der Waals surface area contributed by atoms with Gasteiger partial charge in [-0.05, 0) is 24.6 Å². The number of halogens is 2. The molecular formula is C11H13BrClNO2. The number of carbonyl (C=O) groups excluding carboxylic acids is 1. The van der Waals surface area contributed by atoms with Crippen LogP contribution in [0.5, 0.6) is 0 Å². The third-order valence-electron chi connectivity index (χ3n) is 2.22. The molecule has 0 saturated heterocycles. The molecule has 0 bridgehead atoms. The zero-order valence-electron chi connectivity index (χ0n) is 8.84. The Balaban J connectivity index is 2.80. The fourth-order valence-corrected chi connectivity index (χ4v) is 1.97. The lowest BCUT2D eigenvalue weighted by molar-refractivity contribution is 0.0915. The van der Waals surface area contributed by atoms with E-state index in [2.05, 4.69) is 21.2 Å². The second-order valence-electron chi connectivity index (χ2n) is 3.39. The number of rotatable bonds is 4. The van der Waals surface area contributed by atoms with Crippen molar-refractivity contribution in [1.29, 1.82) is 0 Å². The Morgan fingerprint density at radius 2 is 2.31 bits per heavy atom. The van der Waals surface area contributed by atoms with Crippen molar-refractivity contribution in [3.8, 4) is 0 Å². The van der Waals surface area contributed by atoms with Crippen LogP contribution in [0, 0.1) is 0 Å². The third-order valence-corrected chi connectivity index (χ3v) is 3.03. The van der Waals surface area contributed by atoms with Gasteiger partial charge in [-0.1, -0.05) is 34.5 Å². The molecule has 0 fully saturated rings. The number of hydrogen-bond donors (Lipinski definition) is 2. The van der Waals surface area contributed by atoms with Crippen LogP contribution in [0.25, 0.3) is 0 Å². The second-order valence-corrected chi connectivity index (χ2v) is 4.71. The van der Waals surface area contributed by atoms with Gasteiger partial charge in [-0.2, -0.15) is 0 Å². The molecule has 0 unspecified atom stereocenters. The molecule has 0 radical (unpaired) electrons. The van der Waals surface area contributed by atoms with E-state index >= 15 is 0 Å². The Labute approximate surface area is 108 Å². The first-order chi connectivity index (χ1) is 7.58. The molecule has 3 nitrogen and oxygen atoms in total. The van der Waals surface area contributed by atoms with Crippen LogP contribution in [-0.2, 0) is 0 Å². The fraction of sp³-hybridized carbons (Fsp3) is 0.364. The minimum Gasteiger partial charge on any atom is -0.394 e. The Morgan fingerprint density at radius 3 is 2.81 bits per heavy atom. The van der Waals surface area contributed by atoms with Crippen LogP contribution in [0.4, 0.5) is 0 Å². The molecule has 16 heavy (non-hydrogen) atoms. The van der Waals surface area contributed by atoms with Crippen molar-refractivity contribution in [2.75, 3.05) is 6.61 Å². The highest BCUT2D eigenvalue weighted by Gasteiger charge is 2.14. The van der Waals surface area contributed by atoms with Crippen LogP contribution in [0.15, 0.2) is 22.7 Å². The molecule has 2 N–H and O–H groups in total. The second kappa shape index (κ2) is 6.23. The van der Waals surface area contributed by atoms with Gasteiger partial charge < -0.3 is 10.4 Å². The van der Waals surface area contributed by atoms with Gasteiger partial charge in [0.15, 0.2) is 0 Å². The normalized spacial score (nSPS) is 12.2. The number of hydrogen-bond acceptors (Lipinski definition) is 2. The van der Waals surface area contributed by atoms with E-state index in [0.717, 1.165) is 4.47 Å². The summed E-state index contributed by atoms with van der Waals surface area (Å²) in [5, 5.41) is 12.1. The summed E-state index contributed by atoms with van der Waals surface area (Å²) in [4.78, 5) is 11.8. The Bertz CT molecular complexity index is 380. The standard InChI is InChI=1S/C11H13BrClNO2/c1-2-8(6-15)14-11(16)9-4-3-7(12)5-10(9)13/h3-5,8,15H,2,6H2,1H3,(H,14,16)/t8-/m0/s1. The molecule has 0 spiro atoms. The first kappa shape index (κ1) is 13.5. The average Bonchev–Trinajstić information content (AvgIpc) is 2.25. The van der Waals surface area contributed by atoms with Crippen molar-refractivity contribution < 1.29 is 9.90 Å². The summed E-state index contributed by atoms with van der Waals surface area (Å²) in [7, 11) is 0. The number of carbonyl (C=O) groups is 1. The van der Waals surface area contributed by atoms with E-state index in [4.69, 9.17) is 16.7 Å². The van der Waals surface area contributed by atoms with Crippen LogP contribution < -0.4 is 5.32 Å². The first-order valence-corrected chi connectivity index (χ1v) is 6.12. The minimum absolute atomic E-state index is 0.0730. The lowest BCUT2D eigenvalue weighted by Gasteiger charge is -2.14. The molecule has 1 aromatic carbocycles. The summed E-state index contributed by atoms with van der Waals surface area (Å²) >= 11 is 9.21. The summed E-state index contributed by atoms with van der Waals surface area (Å²) in [6, 6.07) is 4.83. The molecule has 0 aliphatic rings. The molecule has 0 heterocycles. The van der Waals surface area contributed by atoms with Crippen molar-refractivity contribution in [2.24, 2.45) is 0 Å². The number of aliphatic hydroxyl groups is 1. The molecule has 0 aliphatic carbocycles. The Morgan fingerprint density at radius 1 is 1.62 bits per heavy atom. The van der Waals surface area contributed by atoms with Crippen molar-refractivity contribution in [3.63, 3.8) is 0 Å². The quantitative estimate of drug-likeness (QED) is 0.898. The van der Waals surface area contributed by atoms with Crippen LogP contribution in [0.2, 0.25) is 5.02 Å². The fourth-order valence-electron chi connectivity index (χ4n) is 1.21. The molecule has 0 aromatic heterocycles. The Kier molecular flexibility index (Phi) is 5.25. The van der Waals surface area contributed by atoms with Crippen molar-refractivity contribution in [2.45, 2.75) is 19.4 Å². The molecule has 88 valence electrons. The van der Waals surface area contributed by atoms with E-state index in [1.54, 1.807) is 18.2 Å². The number of aliphatic hydroxyl groups excluding tert-OH is 1. The molecule has 0 aliphatic heterocycles. The van der Waals surface area contributed by atoms with Crippen LogP contribution >= 0.6 is 27.5 Å². The van der Waals surface area contributed by atoms with E-state index < -0.39 is 0 Å². The molecule has 1 aromatic rings. The van der Waals surface area contributed by atoms with E-state index in [1.165, 1.54) is 0 Å². The zero-order valence-corrected chi connectivity index (χ0v) is 11.2. The van der Waals surface area contributed by atoms with Crippen molar-refractivity contribution >= 4 is 33.4 Å². The predicted octanol–water partition coefficient (Wildman–Crippen LogP) is 2.60. The smallest absolute Gasteiger partial charge is 0.253 e.